The number of ether oxygens (including phenoxy) is 3. The minimum absolute atomic E-state index is 0.437. The van der Waals surface area contributed by atoms with Gasteiger partial charge in [0.25, 0.3) is 0 Å². The Morgan fingerprint density at radius 2 is 1.04 bits per heavy atom. The van der Waals surface area contributed by atoms with Gasteiger partial charge in [0.05, 0.1) is 6.10 Å². The number of unbranched alkanes of at least 4 members (excludes halogenated alkanes) is 2. The first-order chi connectivity index (χ1) is 12.0. The van der Waals surface area contributed by atoms with Crippen molar-refractivity contribution in [3.63, 3.8) is 0 Å². The minimum Gasteiger partial charge on any atom is -0.381 e. The van der Waals surface area contributed by atoms with E-state index in [2.05, 4.69) is 55.4 Å². The highest BCUT2D eigenvalue weighted by molar-refractivity contribution is 4.46. The van der Waals surface area contributed by atoms with Gasteiger partial charge in [-0.25, -0.2) is 0 Å². The molecule has 156 valence electrons. The van der Waals surface area contributed by atoms with Crippen LogP contribution in [-0.4, -0.2) is 39.1 Å². The third-order valence-electron chi connectivity index (χ3n) is 3.27. The molecule has 0 aliphatic heterocycles. The standard InChI is InChI=1S/2C8H18O.C6H14O/c1-5-8(4)9-6-7(2)3;1-3-5-7-9-8-6-4-2;1-3-5-7-6-4-2/h7-8H,5-6H2,1-4H3;3-8H2,1-2H3;3-6H2,1-2H3. The third-order valence-corrected chi connectivity index (χ3v) is 3.27. The van der Waals surface area contributed by atoms with Gasteiger partial charge in [0.1, 0.15) is 0 Å². The van der Waals surface area contributed by atoms with Gasteiger partial charge in [0.15, 0.2) is 0 Å². The third kappa shape index (κ3) is 40.1. The molecular formula is C22H50O3. The zero-order valence-corrected chi connectivity index (χ0v) is 18.9. The molecule has 0 spiro atoms. The van der Waals surface area contributed by atoms with E-state index in [4.69, 9.17) is 14.2 Å². The van der Waals surface area contributed by atoms with E-state index in [1.807, 2.05) is 0 Å². The highest BCUT2D eigenvalue weighted by Crippen LogP contribution is 1.99. The second-order valence-corrected chi connectivity index (χ2v) is 6.88. The summed E-state index contributed by atoms with van der Waals surface area (Å²) in [5.74, 6) is 0.666. The Morgan fingerprint density at radius 3 is 1.36 bits per heavy atom. The molecule has 0 N–H and O–H groups in total. The Bertz CT molecular complexity index is 186. The van der Waals surface area contributed by atoms with Crippen LogP contribution in [0.25, 0.3) is 0 Å². The zero-order chi connectivity index (χ0) is 19.8. The molecule has 0 radical (unpaired) electrons. The maximum absolute atomic E-state index is 5.45. The van der Waals surface area contributed by atoms with Crippen molar-refractivity contribution >= 4 is 0 Å². The van der Waals surface area contributed by atoms with Crippen LogP contribution >= 0.6 is 0 Å². The van der Waals surface area contributed by atoms with Crippen LogP contribution in [0.3, 0.4) is 0 Å². The molecule has 0 saturated heterocycles. The predicted octanol–water partition coefficient (Wildman–Crippen LogP) is 6.88. The van der Waals surface area contributed by atoms with E-state index in [9.17, 15) is 0 Å². The molecule has 0 aromatic rings. The van der Waals surface area contributed by atoms with Crippen LogP contribution in [0.5, 0.6) is 0 Å². The molecule has 0 heterocycles. The molecular weight excluding hydrogens is 312 g/mol. The Morgan fingerprint density at radius 1 is 0.600 bits per heavy atom. The molecule has 0 fully saturated rings. The van der Waals surface area contributed by atoms with E-state index < -0.39 is 0 Å². The maximum Gasteiger partial charge on any atom is 0.0544 e. The van der Waals surface area contributed by atoms with E-state index in [1.165, 1.54) is 25.7 Å². The van der Waals surface area contributed by atoms with Crippen molar-refractivity contribution < 1.29 is 14.2 Å². The summed E-state index contributed by atoms with van der Waals surface area (Å²) in [5.41, 5.74) is 0. The fraction of sp³-hybridized carbons (Fsp3) is 1.00. The van der Waals surface area contributed by atoms with E-state index in [1.54, 1.807) is 0 Å². The summed E-state index contributed by atoms with van der Waals surface area (Å²) in [6.07, 6.45) is 8.74. The van der Waals surface area contributed by atoms with Crippen LogP contribution in [0.2, 0.25) is 0 Å². The lowest BCUT2D eigenvalue weighted by atomic mass is 10.2. The number of rotatable bonds is 14. The summed E-state index contributed by atoms with van der Waals surface area (Å²) in [6.45, 7) is 21.9. The first-order valence-corrected chi connectivity index (χ1v) is 10.8. The van der Waals surface area contributed by atoms with Crippen molar-refractivity contribution in [3.05, 3.63) is 0 Å². The molecule has 0 bridgehead atoms. The van der Waals surface area contributed by atoms with Crippen molar-refractivity contribution in [3.8, 4) is 0 Å². The quantitative estimate of drug-likeness (QED) is 0.315. The van der Waals surface area contributed by atoms with Gasteiger partial charge in [-0.1, -0.05) is 61.3 Å². The molecule has 0 aliphatic carbocycles. The fourth-order valence-electron chi connectivity index (χ4n) is 1.46. The van der Waals surface area contributed by atoms with Crippen molar-refractivity contribution in [1.82, 2.24) is 0 Å². The van der Waals surface area contributed by atoms with Crippen molar-refractivity contribution in [1.29, 1.82) is 0 Å². The van der Waals surface area contributed by atoms with Gasteiger partial charge < -0.3 is 14.2 Å². The van der Waals surface area contributed by atoms with Crippen LogP contribution < -0.4 is 0 Å². The highest BCUT2D eigenvalue weighted by Gasteiger charge is 1.98. The van der Waals surface area contributed by atoms with E-state index in [0.717, 1.165) is 52.3 Å². The second-order valence-electron chi connectivity index (χ2n) is 6.88. The summed E-state index contributed by atoms with van der Waals surface area (Å²) in [5, 5.41) is 0. The molecule has 0 aliphatic rings. The molecule has 0 rings (SSSR count). The van der Waals surface area contributed by atoms with Crippen molar-refractivity contribution in [2.45, 2.75) is 106 Å². The lowest BCUT2D eigenvalue weighted by Gasteiger charge is -2.11. The van der Waals surface area contributed by atoms with Gasteiger partial charge in [0.2, 0.25) is 0 Å². The van der Waals surface area contributed by atoms with E-state index >= 15 is 0 Å². The first-order valence-electron chi connectivity index (χ1n) is 10.8. The Labute approximate surface area is 160 Å². The van der Waals surface area contributed by atoms with Crippen LogP contribution in [0.4, 0.5) is 0 Å². The summed E-state index contributed by atoms with van der Waals surface area (Å²) >= 11 is 0. The molecule has 1 unspecified atom stereocenters. The van der Waals surface area contributed by atoms with Gasteiger partial charge in [-0.2, -0.15) is 0 Å². The smallest absolute Gasteiger partial charge is 0.0544 e. The highest BCUT2D eigenvalue weighted by atomic mass is 16.5. The first kappa shape index (κ1) is 29.6. The molecule has 3 nitrogen and oxygen atoms in total. The van der Waals surface area contributed by atoms with Gasteiger partial charge in [-0.05, 0) is 44.9 Å². The van der Waals surface area contributed by atoms with Crippen LogP contribution in [-0.2, 0) is 14.2 Å². The molecule has 0 aromatic heterocycles. The average molecular weight is 363 g/mol. The van der Waals surface area contributed by atoms with E-state index in [0.29, 0.717) is 12.0 Å². The Kier molecular flexibility index (Phi) is 34.0. The normalized spacial score (nSPS) is 11.4. The molecule has 1 atom stereocenters. The van der Waals surface area contributed by atoms with Crippen molar-refractivity contribution in [2.75, 3.05) is 33.0 Å². The second kappa shape index (κ2) is 28.7. The summed E-state index contributed by atoms with van der Waals surface area (Å²) < 4.78 is 15.9. The Balaban J connectivity index is -0.000000293. The van der Waals surface area contributed by atoms with Gasteiger partial charge in [-0.3, -0.25) is 0 Å². The zero-order valence-electron chi connectivity index (χ0n) is 18.9. The van der Waals surface area contributed by atoms with Crippen LogP contribution in [0, 0.1) is 5.92 Å². The van der Waals surface area contributed by atoms with Crippen LogP contribution in [0.15, 0.2) is 0 Å². The molecule has 0 saturated carbocycles. The number of hydrogen-bond acceptors (Lipinski definition) is 3. The van der Waals surface area contributed by atoms with E-state index in [-0.39, 0.29) is 0 Å². The number of hydrogen-bond donors (Lipinski definition) is 0. The maximum atomic E-state index is 5.45. The van der Waals surface area contributed by atoms with Crippen LogP contribution in [0.1, 0.15) is 100 Å². The molecule has 0 amide bonds. The predicted molar refractivity (Wildman–Crippen MR) is 113 cm³/mol. The fourth-order valence-corrected chi connectivity index (χ4v) is 1.46. The summed E-state index contributed by atoms with van der Waals surface area (Å²) in [7, 11) is 0. The largest absolute Gasteiger partial charge is 0.381 e. The Hall–Kier alpha value is -0.120. The summed E-state index contributed by atoms with van der Waals surface area (Å²) in [6, 6.07) is 0. The summed E-state index contributed by atoms with van der Waals surface area (Å²) in [4.78, 5) is 0. The van der Waals surface area contributed by atoms with Gasteiger partial charge in [0, 0.05) is 33.0 Å². The molecule has 3 heteroatoms. The lowest BCUT2D eigenvalue weighted by Crippen LogP contribution is -2.10. The average Bonchev–Trinajstić information content (AvgIpc) is 2.61. The van der Waals surface area contributed by atoms with Gasteiger partial charge >= 0.3 is 0 Å². The van der Waals surface area contributed by atoms with Crippen molar-refractivity contribution in [2.24, 2.45) is 5.92 Å². The minimum atomic E-state index is 0.437. The molecule has 25 heavy (non-hydrogen) atoms. The monoisotopic (exact) mass is 362 g/mol. The lowest BCUT2D eigenvalue weighted by molar-refractivity contribution is 0.0455. The van der Waals surface area contributed by atoms with Gasteiger partial charge in [-0.15, -0.1) is 0 Å². The molecule has 0 aromatic carbocycles. The topological polar surface area (TPSA) is 27.7 Å². The SMILES string of the molecule is CCC(C)OCC(C)C.CCCCOCCCC.CCCOCCC.